The fourth-order valence-electron chi connectivity index (χ4n) is 7.43. The summed E-state index contributed by atoms with van der Waals surface area (Å²) in [6.07, 6.45) is 0.510. The summed E-state index contributed by atoms with van der Waals surface area (Å²) in [5.74, 6) is -1.27. The summed E-state index contributed by atoms with van der Waals surface area (Å²) in [5.41, 5.74) is -0.443. The summed E-state index contributed by atoms with van der Waals surface area (Å²) in [4.78, 5) is 30.7. The van der Waals surface area contributed by atoms with Crippen LogP contribution in [0.1, 0.15) is 12.8 Å². The maximum Gasteiger partial charge on any atom is 1.00 e. The van der Waals surface area contributed by atoms with Crippen molar-refractivity contribution in [3.05, 3.63) is 98.8 Å². The number of ether oxygens (including phenoxy) is 1. The summed E-state index contributed by atoms with van der Waals surface area (Å²) < 4.78 is 154. The Morgan fingerprint density at radius 2 is 1.14 bits per heavy atom. The van der Waals surface area contributed by atoms with E-state index in [9.17, 15) is 51.9 Å². The number of halogens is 4. The molecule has 0 atom stereocenters. The minimum Gasteiger partial charge on any atom is -0.744 e. The van der Waals surface area contributed by atoms with E-state index in [4.69, 9.17) is 55.6 Å². The van der Waals surface area contributed by atoms with Gasteiger partial charge >= 0.3 is 69.2 Å². The number of hydrogen-bond donors (Lipinski definition) is 8. The quantitative estimate of drug-likeness (QED) is 0.0241. The van der Waals surface area contributed by atoms with E-state index in [0.717, 1.165) is 24.3 Å². The maximum absolute atomic E-state index is 13.0. The maximum atomic E-state index is 13.0. The van der Waals surface area contributed by atoms with Crippen LogP contribution >= 0.6 is 46.4 Å². The Morgan fingerprint density at radius 1 is 0.600 bits per heavy atom. The van der Waals surface area contributed by atoms with Gasteiger partial charge in [0.15, 0.2) is 32.6 Å². The summed E-state index contributed by atoms with van der Waals surface area (Å²) in [6.45, 7) is 0.368. The molecule has 0 bridgehead atoms. The van der Waals surface area contributed by atoms with Gasteiger partial charge in [-0.3, -0.25) is 14.1 Å². The van der Waals surface area contributed by atoms with Crippen molar-refractivity contribution in [2.75, 3.05) is 58.1 Å². The van der Waals surface area contributed by atoms with E-state index in [1.54, 1.807) is 0 Å². The Morgan fingerprint density at radius 3 is 1.69 bits per heavy atom. The number of benzene rings is 5. The van der Waals surface area contributed by atoms with Gasteiger partial charge < -0.3 is 50.2 Å². The zero-order valence-corrected chi connectivity index (χ0v) is 51.0. The van der Waals surface area contributed by atoms with E-state index in [2.05, 4.69) is 71.8 Å². The standard InChI is InChI=1S/C42H34Cl4N14O14S4.2Na/c43-27-30-34(74-32-24(54-30)10-12-26(36(32)78(70,71)72)48-14-4-16-50-40-56-38(46)58-42(60-40)52-20-6-2-8-22(18-20)76(64,65)66)28(44)29-33(27)73-31-23(53-29)9-11-25(35(31)77(67,68)69)47-13-3-15-49-39-55-37(45)57-41(59-39)51-19-5-1-7-21(17-19)75(61,62)63;;/h1-2,5-12,17-18,47,53H,3-4,13-16H2,(H,61,62,63)(H,64,65,66)(H,67,68,69)(H,70,71,72)(H2,49,51,55,57,59)(H2,50,52,56,58,60);;/q;2*+1/p-2. The summed E-state index contributed by atoms with van der Waals surface area (Å²) in [7, 11) is -19.6. The van der Waals surface area contributed by atoms with Gasteiger partial charge in [0, 0.05) is 37.6 Å². The van der Waals surface area contributed by atoms with Crippen molar-refractivity contribution in [2.24, 2.45) is 4.99 Å². The third-order valence-electron chi connectivity index (χ3n) is 10.7. The molecule has 0 radical (unpaired) electrons. The third kappa shape index (κ3) is 14.6. The summed E-state index contributed by atoms with van der Waals surface area (Å²) in [5, 5.41) is 15.9. The second-order valence-corrected chi connectivity index (χ2v) is 23.0. The van der Waals surface area contributed by atoms with Crippen LogP contribution in [0.4, 0.5) is 52.2 Å². The summed E-state index contributed by atoms with van der Waals surface area (Å²) in [6, 6.07) is 15.4. The molecule has 1 aliphatic carbocycles. The number of anilines is 9. The average molecular weight is 1270 g/mol. The molecule has 28 nitrogen and oxygen atoms in total. The molecule has 2 aromatic heterocycles. The van der Waals surface area contributed by atoms with Gasteiger partial charge in [0.2, 0.25) is 34.4 Å². The van der Waals surface area contributed by atoms with E-state index < -0.39 is 71.6 Å². The number of nitrogens with one attached hydrogen (secondary N) is 6. The molecule has 0 unspecified atom stereocenters. The molecule has 0 fully saturated rings. The first kappa shape index (κ1) is 62.5. The molecule has 0 saturated heterocycles. The van der Waals surface area contributed by atoms with Crippen LogP contribution < -0.4 is 101 Å². The molecule has 4 aromatic carbocycles. The molecular formula is C42H32Cl4N14Na2O14S4. The first-order chi connectivity index (χ1) is 36.8. The Balaban J connectivity index is 0.00000462. The van der Waals surface area contributed by atoms with Gasteiger partial charge in [0.05, 0.1) is 26.5 Å². The number of nitrogens with zero attached hydrogens (tertiary/aromatic N) is 8. The van der Waals surface area contributed by atoms with Crippen molar-refractivity contribution >= 4 is 150 Å². The van der Waals surface area contributed by atoms with Gasteiger partial charge in [0.1, 0.15) is 47.2 Å². The second-order valence-electron chi connectivity index (χ2n) is 16.1. The topological polar surface area (TPSA) is 420 Å². The van der Waals surface area contributed by atoms with Crippen molar-refractivity contribution in [2.45, 2.75) is 32.4 Å². The fraction of sp³-hybridized carbons (Fsp3) is 0.143. The van der Waals surface area contributed by atoms with E-state index >= 15 is 0 Å². The SMILES string of the molecule is O=S(=O)([O-])c1cccc(Nc2nc(Cl)nc(NCCCN=c3ccc4nc5c(Cl)c6c(c(Cl)c5oc-4c3S(=O)(=O)O)Nc3ccc(NCCCNc4nc(Cl)nc(Nc5cccc(S(=O)(=O)[O-])c5)n4)c(S(=O)(=O)O)c3O6)n2)c1.[Na+].[Na+]. The summed E-state index contributed by atoms with van der Waals surface area (Å²) >= 11 is 25.8. The smallest absolute Gasteiger partial charge is 0.744 e. The van der Waals surface area contributed by atoms with Crippen LogP contribution in [0.2, 0.25) is 20.6 Å². The van der Waals surface area contributed by atoms with Gasteiger partial charge in [-0.1, -0.05) is 35.3 Å². The Hall–Kier alpha value is -5.08. The fourth-order valence-corrected chi connectivity index (χ4v) is 10.9. The van der Waals surface area contributed by atoms with Crippen molar-refractivity contribution in [3.63, 3.8) is 0 Å². The minimum absolute atomic E-state index is 0. The first-order valence-corrected chi connectivity index (χ1v) is 29.1. The second kappa shape index (κ2) is 25.2. The Kier molecular flexibility index (Phi) is 19.7. The first-order valence-electron chi connectivity index (χ1n) is 21.9. The number of rotatable bonds is 19. The van der Waals surface area contributed by atoms with Gasteiger partial charge in [-0.25, -0.2) is 21.8 Å². The van der Waals surface area contributed by atoms with Crippen LogP contribution in [0.3, 0.4) is 0 Å². The van der Waals surface area contributed by atoms with Crippen LogP contribution in [0.25, 0.3) is 22.6 Å². The predicted octanol–water partition coefficient (Wildman–Crippen LogP) is 0.879. The minimum atomic E-state index is -5.09. The molecule has 9 rings (SSSR count). The average Bonchev–Trinajstić information content (AvgIpc) is 3.35. The normalized spacial score (nSPS) is 12.5. The number of hydrogen-bond acceptors (Lipinski definition) is 26. The molecule has 2 aliphatic heterocycles. The molecule has 0 amide bonds. The van der Waals surface area contributed by atoms with Crippen molar-refractivity contribution in [1.82, 2.24) is 34.9 Å². The zero-order chi connectivity index (χ0) is 55.9. The van der Waals surface area contributed by atoms with E-state index in [1.807, 2.05) is 0 Å². The van der Waals surface area contributed by atoms with Crippen molar-refractivity contribution in [3.8, 4) is 23.0 Å². The van der Waals surface area contributed by atoms with E-state index in [0.29, 0.717) is 0 Å². The van der Waals surface area contributed by atoms with E-state index in [1.165, 1.54) is 48.5 Å². The van der Waals surface area contributed by atoms with Crippen molar-refractivity contribution < 1.29 is 120 Å². The number of fused-ring (bicyclic) bond motifs is 4. The predicted molar refractivity (Wildman–Crippen MR) is 280 cm³/mol. The molecule has 80 heavy (non-hydrogen) atoms. The van der Waals surface area contributed by atoms with Gasteiger partial charge in [-0.15, -0.1) is 0 Å². The molecule has 408 valence electrons. The molecule has 8 N–H and O–H groups in total. The van der Waals surface area contributed by atoms with Crippen LogP contribution in [0.5, 0.6) is 11.5 Å². The van der Waals surface area contributed by atoms with E-state index in [-0.39, 0.29) is 199 Å². The molecule has 3 aliphatic rings. The molecule has 4 heterocycles. The largest absolute Gasteiger partial charge is 1.00 e. The number of aromatic nitrogens is 7. The molecule has 0 saturated carbocycles. The Labute approximate surface area is 517 Å². The van der Waals surface area contributed by atoms with Crippen LogP contribution in [0, 0.1) is 0 Å². The van der Waals surface area contributed by atoms with Crippen LogP contribution in [0.15, 0.2) is 102 Å². The molecular weight excluding hydrogens is 1240 g/mol. The van der Waals surface area contributed by atoms with Crippen LogP contribution in [-0.4, -0.2) is 113 Å². The van der Waals surface area contributed by atoms with Gasteiger partial charge in [-0.2, -0.15) is 46.7 Å². The molecule has 38 heteroatoms. The monoisotopic (exact) mass is 1270 g/mol. The van der Waals surface area contributed by atoms with Gasteiger partial charge in [-0.05, 0) is 96.7 Å². The van der Waals surface area contributed by atoms with Crippen molar-refractivity contribution in [1.29, 1.82) is 0 Å². The third-order valence-corrected chi connectivity index (χ3v) is 15.2. The zero-order valence-electron chi connectivity index (χ0n) is 40.7. The van der Waals surface area contributed by atoms with Crippen LogP contribution in [-0.2, 0) is 40.5 Å². The Bertz CT molecular complexity index is 4260. The molecule has 6 aromatic rings. The van der Waals surface area contributed by atoms with Gasteiger partial charge in [0.25, 0.3) is 10.1 Å². The molecule has 0 spiro atoms.